The van der Waals surface area contributed by atoms with Crippen LogP contribution in [0, 0.1) is 0 Å². The Morgan fingerprint density at radius 2 is 1.82 bits per heavy atom. The second-order valence-corrected chi connectivity index (χ2v) is 10.5. The Kier molecular flexibility index (Phi) is 7.10. The molecule has 194 valence electrons. The Labute approximate surface area is 227 Å². The van der Waals surface area contributed by atoms with Crippen molar-refractivity contribution in [1.29, 1.82) is 0 Å². The predicted octanol–water partition coefficient (Wildman–Crippen LogP) is 5.11. The number of thiazole rings is 1. The first-order valence-corrected chi connectivity index (χ1v) is 13.2. The highest BCUT2D eigenvalue weighted by Gasteiger charge is 2.33. The van der Waals surface area contributed by atoms with Crippen LogP contribution < -0.4 is 19.6 Å². The second kappa shape index (κ2) is 10.5. The Balaban J connectivity index is 1.62. The summed E-state index contributed by atoms with van der Waals surface area (Å²) in [4.78, 5) is 32.1. The van der Waals surface area contributed by atoms with Gasteiger partial charge in [0.05, 0.1) is 35.1 Å². The summed E-state index contributed by atoms with van der Waals surface area (Å²) in [7, 11) is 1.58. The molecule has 2 aromatic carbocycles. The Morgan fingerprint density at radius 3 is 2.47 bits per heavy atom. The molecule has 0 fully saturated rings. The number of nitrogens with zero attached hydrogens (tertiary/aromatic N) is 2. The third kappa shape index (κ3) is 4.97. The molecule has 4 aromatic rings. The highest BCUT2D eigenvalue weighted by atomic mass is 35.5. The maximum absolute atomic E-state index is 13.8. The van der Waals surface area contributed by atoms with E-state index in [1.54, 1.807) is 68.9 Å². The number of aromatic nitrogens is 1. The Hall–Kier alpha value is -3.88. The number of fused-ring (bicyclic) bond motifs is 1. The lowest BCUT2D eigenvalue weighted by Gasteiger charge is -2.25. The van der Waals surface area contributed by atoms with Gasteiger partial charge in [0.25, 0.3) is 5.56 Å². The van der Waals surface area contributed by atoms with E-state index in [1.165, 1.54) is 11.3 Å². The smallest absolute Gasteiger partial charge is 0.338 e. The third-order valence-corrected chi connectivity index (χ3v) is 7.28. The monoisotopic (exact) mass is 548 g/mol. The summed E-state index contributed by atoms with van der Waals surface area (Å²) in [6, 6.07) is 17.5. The predicted molar refractivity (Wildman–Crippen MR) is 147 cm³/mol. The summed E-state index contributed by atoms with van der Waals surface area (Å²) in [5, 5.41) is 0.639. The molecule has 0 saturated carbocycles. The Morgan fingerprint density at radius 1 is 1.11 bits per heavy atom. The zero-order valence-corrected chi connectivity index (χ0v) is 22.8. The van der Waals surface area contributed by atoms with Gasteiger partial charge in [-0.3, -0.25) is 9.36 Å². The second-order valence-electron chi connectivity index (χ2n) is 9.02. The molecule has 9 heteroatoms. The topological polar surface area (TPSA) is 83.0 Å². The number of carbonyl (C=O) groups is 1. The molecular formula is C29H25ClN2O5S. The van der Waals surface area contributed by atoms with Crippen molar-refractivity contribution in [2.75, 3.05) is 7.11 Å². The van der Waals surface area contributed by atoms with Gasteiger partial charge in [-0.25, -0.2) is 9.79 Å². The van der Waals surface area contributed by atoms with Crippen molar-refractivity contribution in [3.63, 3.8) is 0 Å². The first-order chi connectivity index (χ1) is 18.2. The van der Waals surface area contributed by atoms with E-state index in [9.17, 15) is 9.59 Å². The molecule has 0 bridgehead atoms. The van der Waals surface area contributed by atoms with E-state index in [0.717, 1.165) is 11.1 Å². The number of halogens is 1. The molecule has 7 nitrogen and oxygen atoms in total. The van der Waals surface area contributed by atoms with E-state index >= 15 is 0 Å². The van der Waals surface area contributed by atoms with E-state index in [4.69, 9.17) is 25.5 Å². The molecular weight excluding hydrogens is 524 g/mol. The largest absolute Gasteiger partial charge is 0.497 e. The SMILES string of the molecule is COc1ccc(C2C(C(=O)OC(C)C)=C(C)N=c3s/c(=C\c4ccc(-c5ccc(Cl)cc5)o4)c(=O)n32)cc1. The molecule has 1 aliphatic heterocycles. The first kappa shape index (κ1) is 25.8. The van der Waals surface area contributed by atoms with Crippen molar-refractivity contribution in [3.05, 3.63) is 108 Å². The van der Waals surface area contributed by atoms with Crippen LogP contribution in [0.2, 0.25) is 5.02 Å². The number of hydrogen-bond donors (Lipinski definition) is 0. The first-order valence-electron chi connectivity index (χ1n) is 12.0. The third-order valence-electron chi connectivity index (χ3n) is 6.04. The Bertz CT molecular complexity index is 1710. The van der Waals surface area contributed by atoms with Crippen LogP contribution in [0.4, 0.5) is 0 Å². The molecule has 38 heavy (non-hydrogen) atoms. The van der Waals surface area contributed by atoms with E-state index in [-0.39, 0.29) is 11.7 Å². The average molecular weight is 549 g/mol. The summed E-state index contributed by atoms with van der Waals surface area (Å²) < 4.78 is 18.8. The molecule has 0 spiro atoms. The van der Waals surface area contributed by atoms with Crippen molar-refractivity contribution >= 4 is 35.0 Å². The van der Waals surface area contributed by atoms with Crippen LogP contribution in [0.1, 0.15) is 38.1 Å². The molecule has 0 radical (unpaired) electrons. The fourth-order valence-electron chi connectivity index (χ4n) is 4.29. The number of ether oxygens (including phenoxy) is 2. The van der Waals surface area contributed by atoms with Gasteiger partial charge in [0.15, 0.2) is 4.80 Å². The van der Waals surface area contributed by atoms with Crippen molar-refractivity contribution in [1.82, 2.24) is 4.57 Å². The maximum atomic E-state index is 13.8. The lowest BCUT2D eigenvalue weighted by Crippen LogP contribution is -2.40. The van der Waals surface area contributed by atoms with E-state index in [1.807, 2.05) is 30.3 Å². The molecule has 0 aliphatic carbocycles. The molecule has 1 atom stereocenters. The molecule has 3 heterocycles. The molecule has 5 rings (SSSR count). The van der Waals surface area contributed by atoms with Crippen molar-refractivity contribution in [3.8, 4) is 17.1 Å². The number of benzene rings is 2. The van der Waals surface area contributed by atoms with Gasteiger partial charge in [-0.05, 0) is 74.9 Å². The highest BCUT2D eigenvalue weighted by Crippen LogP contribution is 2.32. The summed E-state index contributed by atoms with van der Waals surface area (Å²) in [5.74, 6) is 1.35. The quantitative estimate of drug-likeness (QED) is 0.313. The van der Waals surface area contributed by atoms with Gasteiger partial charge in [-0.15, -0.1) is 0 Å². The average Bonchev–Trinajstić information content (AvgIpc) is 3.47. The van der Waals surface area contributed by atoms with Gasteiger partial charge < -0.3 is 13.9 Å². The van der Waals surface area contributed by atoms with Gasteiger partial charge >= 0.3 is 5.97 Å². The van der Waals surface area contributed by atoms with Crippen molar-refractivity contribution in [2.24, 2.45) is 4.99 Å². The van der Waals surface area contributed by atoms with Crippen LogP contribution in [-0.2, 0) is 9.53 Å². The highest BCUT2D eigenvalue weighted by molar-refractivity contribution is 7.07. The molecule has 1 unspecified atom stereocenters. The minimum Gasteiger partial charge on any atom is -0.497 e. The maximum Gasteiger partial charge on any atom is 0.338 e. The summed E-state index contributed by atoms with van der Waals surface area (Å²) >= 11 is 7.24. The van der Waals surface area contributed by atoms with E-state index in [2.05, 4.69) is 4.99 Å². The number of furan rings is 1. The molecule has 0 amide bonds. The number of methoxy groups -OCH3 is 1. The number of rotatable bonds is 6. The molecule has 2 aromatic heterocycles. The zero-order chi connectivity index (χ0) is 27.0. The van der Waals surface area contributed by atoms with Crippen LogP contribution in [0.15, 0.2) is 86.1 Å². The fourth-order valence-corrected chi connectivity index (χ4v) is 5.44. The minimum atomic E-state index is -0.702. The van der Waals surface area contributed by atoms with Crippen LogP contribution in [0.3, 0.4) is 0 Å². The van der Waals surface area contributed by atoms with Gasteiger partial charge in [-0.1, -0.05) is 35.1 Å². The normalized spacial score (nSPS) is 15.4. The number of hydrogen-bond acceptors (Lipinski definition) is 7. The van der Waals surface area contributed by atoms with Crippen LogP contribution in [0.25, 0.3) is 17.4 Å². The van der Waals surface area contributed by atoms with Gasteiger partial charge in [0, 0.05) is 16.7 Å². The van der Waals surface area contributed by atoms with Gasteiger partial charge in [-0.2, -0.15) is 0 Å². The number of esters is 1. The number of allylic oxidation sites excluding steroid dienone is 1. The van der Waals surface area contributed by atoms with Crippen molar-refractivity contribution in [2.45, 2.75) is 32.9 Å². The van der Waals surface area contributed by atoms with E-state index in [0.29, 0.717) is 42.9 Å². The summed E-state index contributed by atoms with van der Waals surface area (Å²) in [6.45, 7) is 5.33. The van der Waals surface area contributed by atoms with Crippen LogP contribution in [-0.4, -0.2) is 23.8 Å². The van der Waals surface area contributed by atoms with Gasteiger partial charge in [0.2, 0.25) is 0 Å². The van der Waals surface area contributed by atoms with Crippen LogP contribution >= 0.6 is 22.9 Å². The summed E-state index contributed by atoms with van der Waals surface area (Å²) in [5.41, 5.74) is 2.17. The van der Waals surface area contributed by atoms with Gasteiger partial charge in [0.1, 0.15) is 17.3 Å². The minimum absolute atomic E-state index is 0.277. The lowest BCUT2D eigenvalue weighted by atomic mass is 9.96. The zero-order valence-electron chi connectivity index (χ0n) is 21.2. The van der Waals surface area contributed by atoms with Crippen molar-refractivity contribution < 1.29 is 18.7 Å². The lowest BCUT2D eigenvalue weighted by molar-refractivity contribution is -0.143. The number of carbonyl (C=O) groups excluding carboxylic acids is 1. The summed E-state index contributed by atoms with van der Waals surface area (Å²) in [6.07, 6.45) is 1.37. The standard InChI is InChI=1S/C29H25ClN2O5S/c1-16(2)36-28(34)25-17(3)31-29-32(26(25)19-7-11-21(35-4)12-8-19)27(33)24(38-29)15-22-13-14-23(37-22)18-5-9-20(30)10-6-18/h5-16,26H,1-4H3/b24-15-. The molecule has 0 saturated heterocycles. The fraction of sp³-hybridized carbons (Fsp3) is 0.207. The van der Waals surface area contributed by atoms with Crippen LogP contribution in [0.5, 0.6) is 5.75 Å². The molecule has 0 N–H and O–H groups in total. The molecule has 1 aliphatic rings. The van der Waals surface area contributed by atoms with E-state index < -0.39 is 12.0 Å².